The number of benzene rings is 1. The first-order chi connectivity index (χ1) is 9.70. The Labute approximate surface area is 118 Å². The van der Waals surface area contributed by atoms with Gasteiger partial charge in [0.15, 0.2) is 0 Å². The second-order valence-corrected chi connectivity index (χ2v) is 5.08. The van der Waals surface area contributed by atoms with Gasteiger partial charge in [-0.25, -0.2) is 4.39 Å². The van der Waals surface area contributed by atoms with E-state index < -0.39 is 0 Å². The third-order valence-electron chi connectivity index (χ3n) is 3.66. The topological polar surface area (TPSA) is 40.5 Å². The molecule has 108 valence electrons. The molecule has 1 aliphatic rings. The second-order valence-electron chi connectivity index (χ2n) is 5.08. The van der Waals surface area contributed by atoms with Crippen LogP contribution >= 0.6 is 0 Å². The van der Waals surface area contributed by atoms with Gasteiger partial charge < -0.3 is 10.0 Å². The summed E-state index contributed by atoms with van der Waals surface area (Å²) in [5.41, 5.74) is 0.801. The van der Waals surface area contributed by atoms with Crippen molar-refractivity contribution in [1.82, 2.24) is 4.90 Å². The van der Waals surface area contributed by atoms with E-state index in [-0.39, 0.29) is 24.4 Å². The molecule has 3 nitrogen and oxygen atoms in total. The fourth-order valence-electron chi connectivity index (χ4n) is 2.58. The van der Waals surface area contributed by atoms with Crippen molar-refractivity contribution in [2.75, 3.05) is 13.2 Å². The molecule has 1 amide bonds. The number of nitrogens with zero attached hydrogens (tertiary/aromatic N) is 1. The van der Waals surface area contributed by atoms with Crippen LogP contribution in [0.1, 0.15) is 31.2 Å². The zero-order chi connectivity index (χ0) is 14.4. The molecule has 0 spiro atoms. The van der Waals surface area contributed by atoms with E-state index in [0.29, 0.717) is 6.42 Å². The number of likely N-dealkylation sites (tertiary alicyclic amines) is 1. The molecule has 0 bridgehead atoms. The van der Waals surface area contributed by atoms with Crippen molar-refractivity contribution in [2.45, 2.75) is 31.7 Å². The van der Waals surface area contributed by atoms with Gasteiger partial charge in [-0.15, -0.1) is 0 Å². The minimum Gasteiger partial charge on any atom is -0.396 e. The lowest BCUT2D eigenvalue weighted by molar-refractivity contribution is -0.129. The molecule has 1 saturated heterocycles. The first-order valence-corrected chi connectivity index (χ1v) is 7.06. The van der Waals surface area contributed by atoms with Crippen LogP contribution in [0, 0.1) is 5.82 Å². The van der Waals surface area contributed by atoms with E-state index in [1.807, 2.05) is 4.90 Å². The Bertz CT molecular complexity index is 468. The van der Waals surface area contributed by atoms with Crippen molar-refractivity contribution in [3.05, 3.63) is 41.7 Å². The number of halogens is 1. The lowest BCUT2D eigenvalue weighted by Crippen LogP contribution is -2.43. The van der Waals surface area contributed by atoms with E-state index in [9.17, 15) is 9.18 Å². The van der Waals surface area contributed by atoms with Crippen molar-refractivity contribution < 1.29 is 14.3 Å². The van der Waals surface area contributed by atoms with Crippen LogP contribution in [0.25, 0.3) is 6.08 Å². The van der Waals surface area contributed by atoms with Crippen molar-refractivity contribution in [3.8, 4) is 0 Å². The number of amides is 1. The summed E-state index contributed by atoms with van der Waals surface area (Å²) in [6.45, 7) is 0.855. The maximum absolute atomic E-state index is 12.8. The fourth-order valence-corrected chi connectivity index (χ4v) is 2.58. The van der Waals surface area contributed by atoms with Crippen LogP contribution in [0.15, 0.2) is 30.3 Å². The molecule has 1 atom stereocenters. The molecule has 2 rings (SSSR count). The average molecular weight is 277 g/mol. The summed E-state index contributed by atoms with van der Waals surface area (Å²) in [4.78, 5) is 14.0. The highest BCUT2D eigenvalue weighted by atomic mass is 19.1. The minimum atomic E-state index is -0.285. The first-order valence-electron chi connectivity index (χ1n) is 7.06. The van der Waals surface area contributed by atoms with Crippen LogP contribution in [0.2, 0.25) is 0 Å². The zero-order valence-corrected chi connectivity index (χ0v) is 11.5. The van der Waals surface area contributed by atoms with Gasteiger partial charge in [0.05, 0.1) is 0 Å². The Kier molecular flexibility index (Phi) is 5.30. The lowest BCUT2D eigenvalue weighted by Gasteiger charge is -2.34. The van der Waals surface area contributed by atoms with Crippen LogP contribution in [0.5, 0.6) is 0 Å². The van der Waals surface area contributed by atoms with Gasteiger partial charge in [0.1, 0.15) is 5.82 Å². The summed E-state index contributed by atoms with van der Waals surface area (Å²) in [7, 11) is 0. The number of rotatable bonds is 4. The molecule has 1 aromatic rings. The Hall–Kier alpha value is -1.68. The monoisotopic (exact) mass is 277 g/mol. The van der Waals surface area contributed by atoms with Gasteiger partial charge in [-0.1, -0.05) is 12.1 Å². The predicted molar refractivity (Wildman–Crippen MR) is 76.5 cm³/mol. The molecular weight excluding hydrogens is 257 g/mol. The average Bonchev–Trinajstić information content (AvgIpc) is 2.47. The normalized spacial score (nSPS) is 19.5. The van der Waals surface area contributed by atoms with Gasteiger partial charge in [-0.2, -0.15) is 0 Å². The zero-order valence-electron chi connectivity index (χ0n) is 11.5. The van der Waals surface area contributed by atoms with Crippen LogP contribution in [0.4, 0.5) is 4.39 Å². The number of carbonyl (C=O) groups is 1. The molecule has 20 heavy (non-hydrogen) atoms. The number of hydrogen-bond donors (Lipinski definition) is 1. The van der Waals surface area contributed by atoms with Crippen LogP contribution in [-0.4, -0.2) is 35.1 Å². The number of carbonyl (C=O) groups excluding carboxylic acids is 1. The smallest absolute Gasteiger partial charge is 0.246 e. The standard InChI is InChI=1S/C16H20FNO2/c17-14-7-4-13(5-8-14)6-9-16(20)18-11-2-1-3-15(18)10-12-19/h4-9,15,19H,1-3,10-12H2/b9-6+. The molecule has 0 aliphatic carbocycles. The molecule has 1 aromatic carbocycles. The van der Waals surface area contributed by atoms with Gasteiger partial charge in [0.2, 0.25) is 5.91 Å². The van der Waals surface area contributed by atoms with E-state index in [2.05, 4.69) is 0 Å². The van der Waals surface area contributed by atoms with Gasteiger partial charge in [-0.05, 0) is 49.5 Å². The first kappa shape index (κ1) is 14.7. The number of hydrogen-bond acceptors (Lipinski definition) is 2. The Morgan fingerprint density at radius 1 is 1.35 bits per heavy atom. The predicted octanol–water partition coefficient (Wildman–Crippen LogP) is 2.60. The molecule has 1 N–H and O–H groups in total. The Balaban J connectivity index is 2.00. The fraction of sp³-hybridized carbons (Fsp3) is 0.438. The maximum Gasteiger partial charge on any atom is 0.246 e. The summed E-state index contributed by atoms with van der Waals surface area (Å²) in [6, 6.07) is 6.17. The summed E-state index contributed by atoms with van der Waals surface area (Å²) in [5.74, 6) is -0.319. The quantitative estimate of drug-likeness (QED) is 0.859. The summed E-state index contributed by atoms with van der Waals surface area (Å²) in [6.07, 6.45) is 6.94. The number of aliphatic hydroxyl groups excluding tert-OH is 1. The van der Waals surface area contributed by atoms with Gasteiger partial charge in [0, 0.05) is 25.3 Å². The van der Waals surface area contributed by atoms with Crippen LogP contribution in [-0.2, 0) is 4.79 Å². The van der Waals surface area contributed by atoms with E-state index in [0.717, 1.165) is 31.4 Å². The maximum atomic E-state index is 12.8. The second kappa shape index (κ2) is 7.20. The van der Waals surface area contributed by atoms with Gasteiger partial charge in [0.25, 0.3) is 0 Å². The SMILES string of the molecule is O=C(/C=C/c1ccc(F)cc1)N1CCCCC1CCO. The van der Waals surface area contributed by atoms with Crippen LogP contribution < -0.4 is 0 Å². The minimum absolute atomic E-state index is 0.0347. The highest BCUT2D eigenvalue weighted by Crippen LogP contribution is 2.20. The molecule has 1 heterocycles. The third-order valence-corrected chi connectivity index (χ3v) is 3.66. The van der Waals surface area contributed by atoms with E-state index in [1.165, 1.54) is 18.2 Å². The molecule has 4 heteroatoms. The summed E-state index contributed by atoms with van der Waals surface area (Å²) >= 11 is 0. The summed E-state index contributed by atoms with van der Waals surface area (Å²) < 4.78 is 12.8. The molecule has 0 aromatic heterocycles. The largest absolute Gasteiger partial charge is 0.396 e. The molecular formula is C16H20FNO2. The Morgan fingerprint density at radius 2 is 2.10 bits per heavy atom. The van der Waals surface area contributed by atoms with Crippen molar-refractivity contribution in [2.24, 2.45) is 0 Å². The third kappa shape index (κ3) is 3.90. The number of aliphatic hydroxyl groups is 1. The van der Waals surface area contributed by atoms with Crippen molar-refractivity contribution in [3.63, 3.8) is 0 Å². The van der Waals surface area contributed by atoms with E-state index in [1.54, 1.807) is 18.2 Å². The molecule has 1 unspecified atom stereocenters. The molecule has 1 aliphatic heterocycles. The van der Waals surface area contributed by atoms with Crippen LogP contribution in [0.3, 0.4) is 0 Å². The number of piperidine rings is 1. The van der Waals surface area contributed by atoms with Crippen molar-refractivity contribution >= 4 is 12.0 Å². The Morgan fingerprint density at radius 3 is 2.80 bits per heavy atom. The molecule has 0 radical (unpaired) electrons. The van der Waals surface area contributed by atoms with E-state index >= 15 is 0 Å². The summed E-state index contributed by atoms with van der Waals surface area (Å²) in [5, 5.41) is 9.06. The highest BCUT2D eigenvalue weighted by molar-refractivity contribution is 5.92. The molecule has 0 saturated carbocycles. The molecule has 1 fully saturated rings. The van der Waals surface area contributed by atoms with Crippen molar-refractivity contribution in [1.29, 1.82) is 0 Å². The highest BCUT2D eigenvalue weighted by Gasteiger charge is 2.24. The lowest BCUT2D eigenvalue weighted by atomic mass is 9.99. The van der Waals surface area contributed by atoms with Gasteiger partial charge in [-0.3, -0.25) is 4.79 Å². The van der Waals surface area contributed by atoms with Gasteiger partial charge >= 0.3 is 0 Å². The van der Waals surface area contributed by atoms with E-state index in [4.69, 9.17) is 5.11 Å².